The van der Waals surface area contributed by atoms with Crippen molar-refractivity contribution < 1.29 is 0 Å². The lowest BCUT2D eigenvalue weighted by Gasteiger charge is -2.45. The second-order valence-electron chi connectivity index (χ2n) is 5.62. The molecule has 1 heterocycles. The van der Waals surface area contributed by atoms with Crippen molar-refractivity contribution in [2.24, 2.45) is 23.1 Å². The maximum Gasteiger partial charge on any atom is 0.153 e. The SMILES string of the molecule is N#CC1(N)C(N)=C(N)C2=CCNCC2C1c1ccccc1. The molecule has 0 amide bonds. The molecule has 1 aliphatic carbocycles. The molecule has 5 heteroatoms. The molecule has 5 nitrogen and oxygen atoms in total. The molecule has 7 N–H and O–H groups in total. The molecule has 0 fully saturated rings. The van der Waals surface area contributed by atoms with E-state index in [0.29, 0.717) is 5.70 Å². The van der Waals surface area contributed by atoms with Crippen LogP contribution in [0.2, 0.25) is 0 Å². The summed E-state index contributed by atoms with van der Waals surface area (Å²) in [5.41, 5.74) is 20.2. The topological polar surface area (TPSA) is 114 Å². The Kier molecular flexibility index (Phi) is 3.20. The molecule has 0 bridgehead atoms. The quantitative estimate of drug-likeness (QED) is 0.590. The van der Waals surface area contributed by atoms with Crippen LogP contribution in [0.5, 0.6) is 0 Å². The van der Waals surface area contributed by atoms with Crippen molar-refractivity contribution >= 4 is 0 Å². The molecule has 1 aromatic rings. The minimum Gasteiger partial charge on any atom is -0.398 e. The summed E-state index contributed by atoms with van der Waals surface area (Å²) in [5, 5.41) is 13.0. The van der Waals surface area contributed by atoms with Crippen molar-refractivity contribution in [2.75, 3.05) is 13.1 Å². The van der Waals surface area contributed by atoms with Crippen LogP contribution in [0.4, 0.5) is 0 Å². The number of benzene rings is 1. The van der Waals surface area contributed by atoms with E-state index in [-0.39, 0.29) is 17.5 Å². The van der Waals surface area contributed by atoms with Crippen LogP contribution in [0.15, 0.2) is 53.4 Å². The van der Waals surface area contributed by atoms with Gasteiger partial charge in [-0.15, -0.1) is 0 Å². The van der Waals surface area contributed by atoms with Gasteiger partial charge < -0.3 is 22.5 Å². The molecule has 0 saturated carbocycles. The molecular weight excluding hydrogens is 262 g/mol. The monoisotopic (exact) mass is 281 g/mol. The molecule has 3 atom stereocenters. The number of fused-ring (bicyclic) bond motifs is 1. The fraction of sp³-hybridized carbons (Fsp3) is 0.312. The maximum atomic E-state index is 9.68. The van der Waals surface area contributed by atoms with E-state index in [1.807, 2.05) is 36.4 Å². The molecule has 1 aromatic carbocycles. The summed E-state index contributed by atoms with van der Waals surface area (Å²) in [7, 11) is 0. The normalized spacial score (nSPS) is 32.1. The first-order valence-corrected chi connectivity index (χ1v) is 7.01. The fourth-order valence-electron chi connectivity index (χ4n) is 3.44. The van der Waals surface area contributed by atoms with Crippen LogP contribution in [-0.2, 0) is 0 Å². The Morgan fingerprint density at radius 2 is 1.95 bits per heavy atom. The van der Waals surface area contributed by atoms with E-state index >= 15 is 0 Å². The van der Waals surface area contributed by atoms with E-state index in [0.717, 1.165) is 24.2 Å². The third-order valence-corrected chi connectivity index (χ3v) is 4.51. The highest BCUT2D eigenvalue weighted by Crippen LogP contribution is 2.46. The van der Waals surface area contributed by atoms with Crippen LogP contribution in [-0.4, -0.2) is 18.6 Å². The predicted molar refractivity (Wildman–Crippen MR) is 81.6 cm³/mol. The summed E-state index contributed by atoms with van der Waals surface area (Å²) in [4.78, 5) is 0. The predicted octanol–water partition coefficient (Wildman–Crippen LogP) is 0.280. The standard InChI is InChI=1S/C16H19N5/c17-9-16(20)13(10-4-2-1-3-5-10)12-8-21-7-6-11(12)14(18)15(16)19/h1-6,12-13,21H,7-8,18-20H2. The van der Waals surface area contributed by atoms with Gasteiger partial charge in [0.05, 0.1) is 17.5 Å². The van der Waals surface area contributed by atoms with Gasteiger partial charge in [0, 0.05) is 24.9 Å². The molecule has 21 heavy (non-hydrogen) atoms. The van der Waals surface area contributed by atoms with Gasteiger partial charge in [-0.1, -0.05) is 36.4 Å². The zero-order valence-corrected chi connectivity index (χ0v) is 11.7. The average molecular weight is 281 g/mol. The van der Waals surface area contributed by atoms with E-state index in [1.54, 1.807) is 0 Å². The van der Waals surface area contributed by atoms with Crippen LogP contribution in [0.25, 0.3) is 0 Å². The Bertz CT molecular complexity index is 655. The fourth-order valence-corrected chi connectivity index (χ4v) is 3.44. The van der Waals surface area contributed by atoms with Crippen molar-refractivity contribution in [3.8, 4) is 6.07 Å². The zero-order valence-electron chi connectivity index (χ0n) is 11.7. The van der Waals surface area contributed by atoms with Gasteiger partial charge >= 0.3 is 0 Å². The van der Waals surface area contributed by atoms with Gasteiger partial charge in [0.25, 0.3) is 0 Å². The Hall–Kier alpha value is -2.29. The number of rotatable bonds is 1. The minimum atomic E-state index is -1.29. The molecule has 0 spiro atoms. The van der Waals surface area contributed by atoms with Crippen LogP contribution in [0.3, 0.4) is 0 Å². The van der Waals surface area contributed by atoms with E-state index < -0.39 is 5.54 Å². The summed E-state index contributed by atoms with van der Waals surface area (Å²) >= 11 is 0. The molecule has 3 rings (SSSR count). The van der Waals surface area contributed by atoms with Gasteiger partial charge in [-0.3, -0.25) is 0 Å². The molecule has 0 radical (unpaired) electrons. The summed E-state index contributed by atoms with van der Waals surface area (Å²) in [6.45, 7) is 1.49. The number of nitrogens with one attached hydrogen (secondary N) is 1. The molecule has 1 aliphatic heterocycles. The van der Waals surface area contributed by atoms with Crippen LogP contribution >= 0.6 is 0 Å². The summed E-state index contributed by atoms with van der Waals surface area (Å²) in [6, 6.07) is 12.0. The van der Waals surface area contributed by atoms with Crippen molar-refractivity contribution in [3.63, 3.8) is 0 Å². The first-order valence-electron chi connectivity index (χ1n) is 7.01. The smallest absolute Gasteiger partial charge is 0.153 e. The van der Waals surface area contributed by atoms with Crippen molar-refractivity contribution in [2.45, 2.75) is 11.5 Å². The van der Waals surface area contributed by atoms with Gasteiger partial charge in [0.15, 0.2) is 5.54 Å². The van der Waals surface area contributed by atoms with Crippen LogP contribution in [0.1, 0.15) is 11.5 Å². The Morgan fingerprint density at radius 3 is 2.62 bits per heavy atom. The van der Waals surface area contributed by atoms with E-state index in [2.05, 4.69) is 11.4 Å². The third-order valence-electron chi connectivity index (χ3n) is 4.51. The van der Waals surface area contributed by atoms with E-state index in [1.165, 1.54) is 0 Å². The highest BCUT2D eigenvalue weighted by atomic mass is 14.9. The number of hydrogen-bond donors (Lipinski definition) is 4. The molecule has 108 valence electrons. The Labute approximate surface area is 124 Å². The van der Waals surface area contributed by atoms with Gasteiger partial charge in [0.2, 0.25) is 0 Å². The lowest BCUT2D eigenvalue weighted by molar-refractivity contribution is 0.341. The summed E-state index contributed by atoms with van der Waals surface area (Å²) in [5.74, 6) is -0.159. The number of nitriles is 1. The second-order valence-corrected chi connectivity index (χ2v) is 5.62. The number of hydrogen-bond acceptors (Lipinski definition) is 5. The highest BCUT2D eigenvalue weighted by Gasteiger charge is 2.50. The van der Waals surface area contributed by atoms with Gasteiger partial charge in [-0.2, -0.15) is 5.26 Å². The van der Waals surface area contributed by atoms with Gasteiger partial charge in [-0.25, -0.2) is 0 Å². The molecule has 0 saturated heterocycles. The minimum absolute atomic E-state index is 0.0538. The van der Waals surface area contributed by atoms with Gasteiger partial charge in [0.1, 0.15) is 0 Å². The number of nitrogens with zero attached hydrogens (tertiary/aromatic N) is 1. The second kappa shape index (κ2) is 4.92. The lowest BCUT2D eigenvalue weighted by Crippen LogP contribution is -2.57. The largest absolute Gasteiger partial charge is 0.398 e. The molecule has 0 aromatic heterocycles. The molecule has 3 unspecified atom stereocenters. The highest BCUT2D eigenvalue weighted by molar-refractivity contribution is 5.53. The first-order chi connectivity index (χ1) is 10.1. The average Bonchev–Trinajstić information content (AvgIpc) is 2.54. The third kappa shape index (κ3) is 1.92. The van der Waals surface area contributed by atoms with Crippen molar-refractivity contribution in [3.05, 3.63) is 58.9 Å². The number of nitrogens with two attached hydrogens (primary N) is 3. The van der Waals surface area contributed by atoms with Gasteiger partial charge in [-0.05, 0) is 11.1 Å². The van der Waals surface area contributed by atoms with E-state index in [9.17, 15) is 5.26 Å². The van der Waals surface area contributed by atoms with Crippen molar-refractivity contribution in [1.29, 1.82) is 5.26 Å². The maximum absolute atomic E-state index is 9.68. The first kappa shape index (κ1) is 13.7. The summed E-state index contributed by atoms with van der Waals surface area (Å²) < 4.78 is 0. The number of allylic oxidation sites excluding steroid dienone is 1. The molecular formula is C16H19N5. The van der Waals surface area contributed by atoms with Crippen LogP contribution in [0, 0.1) is 17.2 Å². The lowest BCUT2D eigenvalue weighted by atomic mass is 9.63. The van der Waals surface area contributed by atoms with Crippen molar-refractivity contribution in [1.82, 2.24) is 5.32 Å². The summed E-state index contributed by atoms with van der Waals surface area (Å²) in [6.07, 6.45) is 2.04. The van der Waals surface area contributed by atoms with Crippen LogP contribution < -0.4 is 22.5 Å². The Morgan fingerprint density at radius 1 is 1.24 bits per heavy atom. The Balaban J connectivity index is 2.23. The molecule has 2 aliphatic rings. The van der Waals surface area contributed by atoms with E-state index in [4.69, 9.17) is 17.2 Å². The zero-order chi connectivity index (χ0) is 15.0.